The molecule has 0 aromatic carbocycles. The molecule has 0 atom stereocenters. The molecule has 5 nitrogen and oxygen atoms in total. The van der Waals surface area contributed by atoms with Crippen LogP contribution in [0.5, 0.6) is 0 Å². The predicted octanol–water partition coefficient (Wildman–Crippen LogP) is 0.912. The molecule has 6 heteroatoms. The minimum Gasteiger partial charge on any atom is -0.379 e. The Morgan fingerprint density at radius 1 is 1.50 bits per heavy atom. The van der Waals surface area contributed by atoms with Gasteiger partial charge in [0.25, 0.3) is 0 Å². The van der Waals surface area contributed by atoms with E-state index >= 15 is 0 Å². The second-order valence-electron chi connectivity index (χ2n) is 1.99. The first-order valence-electron chi connectivity index (χ1n) is 5.42. The van der Waals surface area contributed by atoms with Crippen molar-refractivity contribution in [2.75, 3.05) is 19.7 Å². The average Bonchev–Trinajstić information content (AvgIpc) is 1.99. The largest absolute Gasteiger partial charge is 0.469 e. The average molecular weight is 202 g/mol. The molecule has 12 heavy (non-hydrogen) atoms. The third kappa shape index (κ3) is 10.1. The highest BCUT2D eigenvalue weighted by atomic mass is 31.2. The molecule has 0 unspecified atom stereocenters. The minimum absolute atomic E-state index is 0.0620. The molecule has 0 aromatic rings. The Labute approximate surface area is 77.5 Å². The second-order valence-corrected chi connectivity index (χ2v) is 3.15. The van der Waals surface area contributed by atoms with Gasteiger partial charge < -0.3 is 14.5 Å². The van der Waals surface area contributed by atoms with Crippen molar-refractivity contribution >= 4 is 7.82 Å². The van der Waals surface area contributed by atoms with Crippen LogP contribution < -0.4 is 0 Å². The number of ether oxygens (including phenoxy) is 1. The fraction of sp³-hybridized carbons (Fsp3) is 1.00. The van der Waals surface area contributed by atoms with E-state index in [0.29, 0.717) is 6.42 Å². The lowest BCUT2D eigenvalue weighted by Crippen LogP contribution is -2.03. The molecule has 0 fully saturated rings. The van der Waals surface area contributed by atoms with Gasteiger partial charge in [0.1, 0.15) is 0 Å². The van der Waals surface area contributed by atoms with Gasteiger partial charge in [-0.3, -0.25) is 4.52 Å². The molecular formula is C6H15O5P. The van der Waals surface area contributed by atoms with E-state index in [9.17, 15) is 4.57 Å². The molecule has 74 valence electrons. The van der Waals surface area contributed by atoms with Crippen LogP contribution in [0.2, 0.25) is 0 Å². The lowest BCUT2D eigenvalue weighted by atomic mass is 10.4. The normalized spacial score (nSPS) is 19.2. The molecule has 2 N–H and O–H groups in total. The molecule has 0 saturated carbocycles. The highest BCUT2D eigenvalue weighted by molar-refractivity contribution is 7.46. The van der Waals surface area contributed by atoms with E-state index < -0.39 is 20.9 Å². The lowest BCUT2D eigenvalue weighted by molar-refractivity contribution is 0.0839. The maximum absolute atomic E-state index is 10.4. The van der Waals surface area contributed by atoms with Gasteiger partial charge in [0.05, 0.1) is 18.6 Å². The summed E-state index contributed by atoms with van der Waals surface area (Å²) in [5, 5.41) is 0. The maximum Gasteiger partial charge on any atom is 0.469 e. The van der Waals surface area contributed by atoms with Crippen molar-refractivity contribution in [3.63, 3.8) is 0 Å². The van der Waals surface area contributed by atoms with E-state index in [1.54, 1.807) is 0 Å². The zero-order valence-corrected chi connectivity index (χ0v) is 7.58. The van der Waals surface area contributed by atoms with Gasteiger partial charge in [0.2, 0.25) is 0 Å². The number of rotatable bonds is 7. The standard InChI is InChI=1S/C6H15O5P/c1-2-3-4-10-5-6-11-12(7,8)9/h2-6H2,1H3,(H2,7,8,9)/i5D2,6D2. The lowest BCUT2D eigenvalue weighted by Gasteiger charge is -2.05. The Bertz CT molecular complexity index is 266. The molecule has 0 aliphatic rings. The van der Waals surface area contributed by atoms with Gasteiger partial charge in [0, 0.05) is 6.61 Å². The summed E-state index contributed by atoms with van der Waals surface area (Å²) in [6, 6.07) is 0. The van der Waals surface area contributed by atoms with Crippen molar-refractivity contribution in [3.8, 4) is 0 Å². The third-order valence-corrected chi connectivity index (χ3v) is 1.21. The Balaban J connectivity index is 4.51. The van der Waals surface area contributed by atoms with Gasteiger partial charge in [-0.2, -0.15) is 0 Å². The van der Waals surface area contributed by atoms with Crippen LogP contribution in [0.4, 0.5) is 0 Å². The number of phosphoric ester groups is 1. The van der Waals surface area contributed by atoms with Crippen molar-refractivity contribution in [2.45, 2.75) is 19.8 Å². The summed E-state index contributed by atoms with van der Waals surface area (Å²) in [5.74, 6) is 0. The molecule has 0 heterocycles. The second kappa shape index (κ2) is 6.57. The van der Waals surface area contributed by atoms with Crippen molar-refractivity contribution in [1.82, 2.24) is 0 Å². The molecule has 0 aliphatic heterocycles. The first-order valence-corrected chi connectivity index (χ1v) is 4.95. The molecule has 0 aromatic heterocycles. The molecule has 0 bridgehead atoms. The van der Waals surface area contributed by atoms with Crippen LogP contribution in [0.3, 0.4) is 0 Å². The van der Waals surface area contributed by atoms with Crippen LogP contribution in [-0.4, -0.2) is 29.5 Å². The van der Waals surface area contributed by atoms with Crippen molar-refractivity contribution in [2.24, 2.45) is 0 Å². The first-order chi connectivity index (χ1) is 7.02. The van der Waals surface area contributed by atoms with E-state index in [1.165, 1.54) is 0 Å². The first kappa shape index (κ1) is 6.51. The number of hydrogen-bond donors (Lipinski definition) is 2. The molecular weight excluding hydrogens is 183 g/mol. The van der Waals surface area contributed by atoms with Gasteiger partial charge in [-0.15, -0.1) is 0 Å². The SMILES string of the molecule is [2H]C([2H])(OCCCC)C([2H])([2H])OP(=O)(O)O. The summed E-state index contributed by atoms with van der Waals surface area (Å²) in [4.78, 5) is 16.8. The molecule has 0 spiro atoms. The Hall–Kier alpha value is 0.0700. The van der Waals surface area contributed by atoms with Gasteiger partial charge in [-0.1, -0.05) is 13.3 Å². The Morgan fingerprint density at radius 2 is 2.17 bits per heavy atom. The van der Waals surface area contributed by atoms with Crippen molar-refractivity contribution in [1.29, 1.82) is 0 Å². The van der Waals surface area contributed by atoms with E-state index in [-0.39, 0.29) is 6.61 Å². The van der Waals surface area contributed by atoms with Gasteiger partial charge >= 0.3 is 7.82 Å². The summed E-state index contributed by atoms with van der Waals surface area (Å²) in [7, 11) is -5.12. The van der Waals surface area contributed by atoms with Crippen molar-refractivity contribution < 1.29 is 29.1 Å². The van der Waals surface area contributed by atoms with Gasteiger partial charge in [-0.25, -0.2) is 4.57 Å². The quantitative estimate of drug-likeness (QED) is 0.474. The highest BCUT2D eigenvalue weighted by Crippen LogP contribution is 2.35. The van der Waals surface area contributed by atoms with Crippen LogP contribution in [0.1, 0.15) is 25.2 Å². The summed E-state index contributed by atoms with van der Waals surface area (Å²) < 4.78 is 47.2. The molecule has 0 saturated heterocycles. The highest BCUT2D eigenvalue weighted by Gasteiger charge is 2.12. The molecule has 0 aliphatic carbocycles. The molecule has 0 amide bonds. The van der Waals surface area contributed by atoms with Crippen LogP contribution in [0, 0.1) is 0 Å². The van der Waals surface area contributed by atoms with Crippen LogP contribution >= 0.6 is 7.82 Å². The smallest absolute Gasteiger partial charge is 0.379 e. The van der Waals surface area contributed by atoms with E-state index in [4.69, 9.17) is 15.3 Å². The van der Waals surface area contributed by atoms with Crippen LogP contribution in [-0.2, 0) is 13.8 Å². The van der Waals surface area contributed by atoms with Gasteiger partial charge in [0.15, 0.2) is 0 Å². The summed E-state index contributed by atoms with van der Waals surface area (Å²) >= 11 is 0. The maximum atomic E-state index is 10.4. The fourth-order valence-electron chi connectivity index (χ4n) is 0.375. The van der Waals surface area contributed by atoms with Crippen LogP contribution in [0.25, 0.3) is 0 Å². The Morgan fingerprint density at radius 3 is 2.67 bits per heavy atom. The van der Waals surface area contributed by atoms with Gasteiger partial charge in [-0.05, 0) is 6.42 Å². The molecule has 0 radical (unpaired) electrons. The topological polar surface area (TPSA) is 76.0 Å². The summed E-state index contributed by atoms with van der Waals surface area (Å²) in [5.41, 5.74) is 0. The zero-order valence-electron chi connectivity index (χ0n) is 10.7. The number of unbranched alkanes of at least 4 members (excludes halogenated alkanes) is 1. The molecule has 0 rings (SSSR count). The fourth-order valence-corrected chi connectivity index (χ4v) is 0.531. The number of phosphoric acid groups is 1. The summed E-state index contributed by atoms with van der Waals surface area (Å²) in [6.07, 6.45) is 1.23. The Kier molecular flexibility index (Phi) is 3.57. The van der Waals surface area contributed by atoms with Crippen LogP contribution in [0.15, 0.2) is 0 Å². The third-order valence-electron chi connectivity index (χ3n) is 0.878. The predicted molar refractivity (Wildman–Crippen MR) is 43.7 cm³/mol. The minimum atomic E-state index is -5.12. The van der Waals surface area contributed by atoms with Crippen molar-refractivity contribution in [3.05, 3.63) is 0 Å². The van der Waals surface area contributed by atoms with E-state index in [1.807, 2.05) is 6.92 Å². The van der Waals surface area contributed by atoms with E-state index in [2.05, 4.69) is 9.26 Å². The monoisotopic (exact) mass is 202 g/mol. The van der Waals surface area contributed by atoms with E-state index in [0.717, 1.165) is 6.42 Å². The number of hydrogen-bond acceptors (Lipinski definition) is 3. The zero-order chi connectivity index (χ0) is 13.0. The summed E-state index contributed by atoms with van der Waals surface area (Å²) in [6.45, 7) is -4.38.